The summed E-state index contributed by atoms with van der Waals surface area (Å²) in [6, 6.07) is 9.65. The molecule has 0 aliphatic carbocycles. The molecule has 0 aliphatic heterocycles. The summed E-state index contributed by atoms with van der Waals surface area (Å²) in [5, 5.41) is 0. The number of rotatable bonds is 4. The first-order valence-electron chi connectivity index (χ1n) is 8.45. The predicted molar refractivity (Wildman–Crippen MR) is 120 cm³/mol. The normalized spacial score (nSPS) is 9.03. The number of hydrogen-bond donors (Lipinski definition) is 3. The number of hydrazine groups is 1. The van der Waals surface area contributed by atoms with Crippen molar-refractivity contribution >= 4 is 52.1 Å². The summed E-state index contributed by atoms with van der Waals surface area (Å²) in [6.45, 7) is 3.78. The minimum absolute atomic E-state index is 0. The second-order valence-corrected chi connectivity index (χ2v) is 6.77. The first kappa shape index (κ1) is 33.5. The maximum atomic E-state index is 10.9. The summed E-state index contributed by atoms with van der Waals surface area (Å²) in [5.74, 6) is 0. The Morgan fingerprint density at radius 2 is 1.77 bits per heavy atom. The number of ether oxygens (including phenoxy) is 2. The van der Waals surface area contributed by atoms with Crippen LogP contribution in [0.3, 0.4) is 0 Å². The van der Waals surface area contributed by atoms with Gasteiger partial charge in [-0.25, -0.2) is 21.2 Å². The van der Waals surface area contributed by atoms with E-state index in [0.29, 0.717) is 8.58 Å². The first-order chi connectivity index (χ1) is 14.4. The average Bonchev–Trinajstić information content (AvgIpc) is 3.25. The fourth-order valence-corrected chi connectivity index (χ4v) is 1.95. The Labute approximate surface area is 196 Å². The second kappa shape index (κ2) is 24.1. The van der Waals surface area contributed by atoms with Crippen molar-refractivity contribution in [1.82, 2.24) is 20.8 Å². The quantitative estimate of drug-likeness (QED) is 0.320. The van der Waals surface area contributed by atoms with E-state index in [2.05, 4.69) is 30.3 Å². The van der Waals surface area contributed by atoms with E-state index in [0.717, 1.165) is 30.7 Å². The van der Waals surface area contributed by atoms with Gasteiger partial charge >= 0.3 is 24.6 Å². The molecule has 2 atom stereocenters. The fourth-order valence-electron chi connectivity index (χ4n) is 1.32. The number of carbonyl (C=O) groups is 3. The minimum Gasteiger partial charge on any atom is -0.632 e. The molecule has 0 saturated heterocycles. The Bertz CT molecular complexity index is 720. The number of aromatic nitrogens is 2. The summed E-state index contributed by atoms with van der Waals surface area (Å²) in [4.78, 5) is 46.7. The predicted octanol–water partition coefficient (Wildman–Crippen LogP) is 3.78. The van der Waals surface area contributed by atoms with Crippen molar-refractivity contribution in [1.29, 1.82) is 0 Å². The standard InChI is InChI=1S/C7H6N2.C6H13N2O3P.C2H5NO2.C2H4OP.V/c1-2-4-7-6(3-1)8-5-9-7;1-3-4-12-6(10)8-7-5(9)11-2;1-5-2(3)4;1-4-2-3;/h1-5H,(H,8,9);12H,3-4H2,1-2H3,(H,7,9)(H,8,10);1H3,(H2,3,4);4H,1H3;/q;;;-1;+2/p-1. The number of benzene rings is 1. The van der Waals surface area contributed by atoms with Gasteiger partial charge in [0.25, 0.3) is 5.65 Å². The van der Waals surface area contributed by atoms with Gasteiger partial charge in [-0.1, -0.05) is 32.1 Å². The maximum absolute atomic E-state index is 10.9. The number of H-pyrrole nitrogens is 1. The molecule has 2 unspecified atom stereocenters. The van der Waals surface area contributed by atoms with Gasteiger partial charge in [0.15, 0.2) is 0 Å². The molecular weight excluding hydrogens is 483 g/mol. The molecule has 3 amide bonds. The van der Waals surface area contributed by atoms with Crippen molar-refractivity contribution in [2.24, 2.45) is 0 Å². The van der Waals surface area contributed by atoms with Gasteiger partial charge in [-0.05, 0) is 26.9 Å². The molecule has 31 heavy (non-hydrogen) atoms. The molecule has 0 aliphatic rings. The van der Waals surface area contributed by atoms with Gasteiger partial charge in [-0.15, -0.1) is 0 Å². The molecule has 171 valence electrons. The smallest absolute Gasteiger partial charge is 0.632 e. The Morgan fingerprint density at radius 1 is 1.19 bits per heavy atom. The molecule has 1 radical (unpaired) electrons. The Kier molecular flexibility index (Phi) is 26.0. The summed E-state index contributed by atoms with van der Waals surface area (Å²) in [7, 11) is 2.92. The zero-order valence-electron chi connectivity index (χ0n) is 17.6. The molecule has 0 bridgehead atoms. The van der Waals surface area contributed by atoms with Crippen LogP contribution >= 0.6 is 17.2 Å². The van der Waals surface area contributed by atoms with Crippen molar-refractivity contribution in [2.45, 2.75) is 13.3 Å². The molecular formula is C17H27N5O6P2V. The number of imidazole rings is 1. The zero-order valence-corrected chi connectivity index (χ0v) is 21.0. The number of aromatic amines is 1. The van der Waals surface area contributed by atoms with Crippen LogP contribution in [0.5, 0.6) is 0 Å². The van der Waals surface area contributed by atoms with E-state index >= 15 is 0 Å². The van der Waals surface area contributed by atoms with Crippen LogP contribution in [0.25, 0.3) is 16.8 Å². The van der Waals surface area contributed by atoms with Crippen LogP contribution in [-0.2, 0) is 32.8 Å². The largest absolute Gasteiger partial charge is 2.00 e. The molecule has 0 fully saturated rings. The van der Waals surface area contributed by atoms with Gasteiger partial charge in [-0.3, -0.25) is 23.6 Å². The van der Waals surface area contributed by atoms with E-state index in [1.807, 2.05) is 31.2 Å². The molecule has 1 heterocycles. The number of hydrogen-bond acceptors (Lipinski definition) is 7. The van der Waals surface area contributed by atoms with Crippen molar-refractivity contribution in [3.63, 3.8) is 0 Å². The number of amides is 3. The molecule has 14 heteroatoms. The molecule has 2 rings (SSSR count). The van der Waals surface area contributed by atoms with Crippen LogP contribution in [0.2, 0.25) is 0 Å². The third-order valence-corrected chi connectivity index (χ3v) is 4.01. The van der Waals surface area contributed by atoms with Gasteiger partial charge in [0.2, 0.25) is 6.09 Å². The van der Waals surface area contributed by atoms with Crippen molar-refractivity contribution in [3.05, 3.63) is 36.3 Å². The van der Waals surface area contributed by atoms with Crippen LogP contribution < -0.4 is 10.9 Å². The van der Waals surface area contributed by atoms with Gasteiger partial charge in [-0.2, -0.15) is 0 Å². The van der Waals surface area contributed by atoms with Crippen molar-refractivity contribution in [2.75, 3.05) is 27.0 Å². The van der Waals surface area contributed by atoms with E-state index in [1.54, 1.807) is 19.0 Å². The van der Waals surface area contributed by atoms with Gasteiger partial charge in [0.1, 0.15) is 0 Å². The summed E-state index contributed by atoms with van der Waals surface area (Å²) in [6.07, 6.45) is 1.85. The molecule has 2 aromatic rings. The Balaban J connectivity index is -0.000000364. The van der Waals surface area contributed by atoms with Gasteiger partial charge < -0.3 is 25.0 Å². The second-order valence-electron chi connectivity index (χ2n) is 4.76. The first-order valence-corrected chi connectivity index (χ1v) is 11.2. The molecule has 11 nitrogen and oxygen atoms in total. The number of para-hydroxylation sites is 2. The fraction of sp³-hybridized carbons (Fsp3) is 0.353. The van der Waals surface area contributed by atoms with Crippen LogP contribution in [0.15, 0.2) is 30.6 Å². The SMILES string of the molecule is CCCPC(=O)NNC(=O)OC.COC([NH-])=O.CP[C-]=O.[V+2].c1ccc2[nH]cnc2c1. The van der Waals surface area contributed by atoms with E-state index in [9.17, 15) is 14.4 Å². The molecule has 4 N–H and O–H groups in total. The van der Waals surface area contributed by atoms with Gasteiger partial charge in [0.05, 0.1) is 31.6 Å². The van der Waals surface area contributed by atoms with Crippen LogP contribution in [0.1, 0.15) is 13.3 Å². The Morgan fingerprint density at radius 3 is 2.23 bits per heavy atom. The number of nitrogens with zero attached hydrogens (tertiary/aromatic N) is 1. The average molecular weight is 510 g/mol. The van der Waals surface area contributed by atoms with Crippen molar-refractivity contribution in [3.8, 4) is 0 Å². The summed E-state index contributed by atoms with van der Waals surface area (Å²) >= 11 is 0. The summed E-state index contributed by atoms with van der Waals surface area (Å²) in [5.41, 5.74) is 12.2. The van der Waals surface area contributed by atoms with Crippen LogP contribution in [0.4, 0.5) is 14.4 Å². The monoisotopic (exact) mass is 510 g/mol. The van der Waals surface area contributed by atoms with Crippen molar-refractivity contribution < 1.29 is 47.2 Å². The van der Waals surface area contributed by atoms with E-state index in [-0.39, 0.29) is 32.8 Å². The van der Waals surface area contributed by atoms with E-state index < -0.39 is 12.2 Å². The summed E-state index contributed by atoms with van der Waals surface area (Å²) < 4.78 is 8.02. The molecule has 1 aromatic carbocycles. The Hall–Kier alpha value is -2.19. The van der Waals surface area contributed by atoms with Gasteiger partial charge in [0, 0.05) is 0 Å². The van der Waals surface area contributed by atoms with Crippen LogP contribution in [-0.4, -0.2) is 60.9 Å². The van der Waals surface area contributed by atoms with E-state index in [4.69, 9.17) is 10.5 Å². The number of methoxy groups -OCH3 is 2. The maximum Gasteiger partial charge on any atom is 2.00 e. The topological polar surface area (TPSA) is 163 Å². The molecule has 0 saturated carbocycles. The number of fused-ring (bicyclic) bond motifs is 1. The third kappa shape index (κ3) is 22.3. The van der Waals surface area contributed by atoms with Crippen LogP contribution in [0, 0.1) is 0 Å². The minimum atomic E-state index is -0.995. The molecule has 0 spiro atoms. The molecule has 1 aromatic heterocycles. The van der Waals surface area contributed by atoms with E-state index in [1.165, 1.54) is 7.11 Å². The number of carbonyl (C=O) groups excluding carboxylic acids is 4. The third-order valence-electron chi connectivity index (χ3n) is 2.61. The zero-order chi connectivity index (χ0) is 23.2. The number of nitrogens with one attached hydrogen (secondary N) is 4.